The largest absolute Gasteiger partial charge is 0.355 e. The normalized spacial score (nSPS) is 16.3. The highest BCUT2D eigenvalue weighted by atomic mass is 127. The van der Waals surface area contributed by atoms with Gasteiger partial charge in [0.1, 0.15) is 0 Å². The van der Waals surface area contributed by atoms with Crippen LogP contribution in [-0.2, 0) is 6.54 Å². The number of nitrogens with zero attached hydrogens (tertiary/aromatic N) is 2. The molecule has 0 radical (unpaired) electrons. The van der Waals surface area contributed by atoms with Gasteiger partial charge >= 0.3 is 0 Å². The number of rotatable bonds is 6. The van der Waals surface area contributed by atoms with Crippen molar-refractivity contribution in [2.45, 2.75) is 38.4 Å². The summed E-state index contributed by atoms with van der Waals surface area (Å²) in [4.78, 5) is 6.67. The molecule has 0 bridgehead atoms. The Labute approximate surface area is 157 Å². The van der Waals surface area contributed by atoms with Crippen LogP contribution in [0.5, 0.6) is 0 Å². The first-order valence-electron chi connectivity index (χ1n) is 8.05. The van der Waals surface area contributed by atoms with Crippen LogP contribution in [0.3, 0.4) is 0 Å². The molecular formula is C18H29IN4. The van der Waals surface area contributed by atoms with Crippen molar-refractivity contribution in [2.75, 3.05) is 20.6 Å². The molecular weight excluding hydrogens is 399 g/mol. The summed E-state index contributed by atoms with van der Waals surface area (Å²) in [7, 11) is 3.99. The molecule has 4 nitrogen and oxygen atoms in total. The molecule has 1 aliphatic carbocycles. The summed E-state index contributed by atoms with van der Waals surface area (Å²) in [5.41, 5.74) is 1.34. The highest BCUT2D eigenvalue weighted by molar-refractivity contribution is 14.0. The number of nitrogens with one attached hydrogen (secondary N) is 2. The third-order valence-electron chi connectivity index (χ3n) is 4.16. The van der Waals surface area contributed by atoms with Gasteiger partial charge in [0.25, 0.3) is 0 Å². The Morgan fingerprint density at radius 2 is 1.91 bits per heavy atom. The van der Waals surface area contributed by atoms with Crippen molar-refractivity contribution in [3.63, 3.8) is 0 Å². The number of hydrogen-bond donors (Lipinski definition) is 2. The second-order valence-electron chi connectivity index (χ2n) is 5.99. The lowest BCUT2D eigenvalue weighted by Crippen LogP contribution is -2.47. The van der Waals surface area contributed by atoms with E-state index in [1.165, 1.54) is 5.56 Å². The van der Waals surface area contributed by atoms with Crippen LogP contribution in [0.15, 0.2) is 47.5 Å². The fourth-order valence-corrected chi connectivity index (χ4v) is 2.55. The Hall–Kier alpha value is -1.08. The van der Waals surface area contributed by atoms with Crippen LogP contribution < -0.4 is 10.6 Å². The molecule has 0 aliphatic heterocycles. The molecule has 5 heteroatoms. The number of halogens is 1. The fourth-order valence-electron chi connectivity index (χ4n) is 2.55. The standard InChI is InChI=1S/C18H28N4.HI/c1-15(22(3)14-16-9-5-4-6-10-16)13-20-18(19-2)21-17-11-7-8-12-17;/h4-10,15,17H,11-14H2,1-3H3,(H2,19,20,21);1H. The third kappa shape index (κ3) is 6.91. The molecule has 1 aromatic rings. The Morgan fingerprint density at radius 3 is 2.52 bits per heavy atom. The van der Waals surface area contributed by atoms with E-state index in [4.69, 9.17) is 0 Å². The maximum Gasteiger partial charge on any atom is 0.191 e. The summed E-state index contributed by atoms with van der Waals surface area (Å²) in [6.07, 6.45) is 6.62. The van der Waals surface area contributed by atoms with Gasteiger partial charge in [-0.1, -0.05) is 42.5 Å². The van der Waals surface area contributed by atoms with Crippen molar-refractivity contribution >= 4 is 29.9 Å². The topological polar surface area (TPSA) is 39.7 Å². The minimum Gasteiger partial charge on any atom is -0.355 e. The summed E-state index contributed by atoms with van der Waals surface area (Å²) >= 11 is 0. The minimum atomic E-state index is 0. The van der Waals surface area contributed by atoms with Crippen molar-refractivity contribution in [1.82, 2.24) is 15.5 Å². The van der Waals surface area contributed by atoms with Gasteiger partial charge in [-0.25, -0.2) is 0 Å². The van der Waals surface area contributed by atoms with Gasteiger partial charge in [0.2, 0.25) is 0 Å². The van der Waals surface area contributed by atoms with E-state index in [0.717, 1.165) is 31.9 Å². The van der Waals surface area contributed by atoms with Gasteiger partial charge in [-0.2, -0.15) is 0 Å². The van der Waals surface area contributed by atoms with E-state index in [2.05, 4.69) is 77.0 Å². The highest BCUT2D eigenvalue weighted by Crippen LogP contribution is 2.09. The quantitative estimate of drug-likeness (QED) is 0.317. The molecule has 1 unspecified atom stereocenters. The van der Waals surface area contributed by atoms with E-state index in [-0.39, 0.29) is 24.0 Å². The van der Waals surface area contributed by atoms with E-state index in [1.54, 1.807) is 0 Å². The molecule has 23 heavy (non-hydrogen) atoms. The number of benzene rings is 1. The number of likely N-dealkylation sites (N-methyl/N-ethyl adjacent to an activating group) is 1. The van der Waals surface area contributed by atoms with E-state index < -0.39 is 0 Å². The van der Waals surface area contributed by atoms with Gasteiger partial charge in [-0.15, -0.1) is 24.0 Å². The molecule has 0 spiro atoms. The average molecular weight is 428 g/mol. The van der Waals surface area contributed by atoms with Gasteiger partial charge in [-0.3, -0.25) is 9.89 Å². The number of guanidine groups is 1. The first-order chi connectivity index (χ1) is 10.7. The zero-order valence-electron chi connectivity index (χ0n) is 14.3. The molecule has 0 aromatic heterocycles. The molecule has 2 N–H and O–H groups in total. The predicted molar refractivity (Wildman–Crippen MR) is 109 cm³/mol. The molecule has 1 aromatic carbocycles. The molecule has 0 heterocycles. The first kappa shape index (κ1) is 20.0. The van der Waals surface area contributed by atoms with E-state index in [0.29, 0.717) is 12.1 Å². The predicted octanol–water partition coefficient (Wildman–Crippen LogP) is 3.01. The Morgan fingerprint density at radius 1 is 1.26 bits per heavy atom. The van der Waals surface area contributed by atoms with Crippen molar-refractivity contribution in [1.29, 1.82) is 0 Å². The lowest BCUT2D eigenvalue weighted by Gasteiger charge is -2.26. The molecule has 1 atom stereocenters. The van der Waals surface area contributed by atoms with Crippen molar-refractivity contribution in [3.8, 4) is 0 Å². The SMILES string of the molecule is CN=C(NCC(C)N(C)Cc1ccccc1)NC1CC=CC1.I. The van der Waals surface area contributed by atoms with Gasteiger partial charge in [0.15, 0.2) is 5.96 Å². The van der Waals surface area contributed by atoms with Crippen LogP contribution in [0.25, 0.3) is 0 Å². The van der Waals surface area contributed by atoms with Crippen LogP contribution >= 0.6 is 24.0 Å². The Bertz CT molecular complexity index is 493. The van der Waals surface area contributed by atoms with Crippen molar-refractivity contribution in [3.05, 3.63) is 48.0 Å². The fraction of sp³-hybridized carbons (Fsp3) is 0.500. The molecule has 1 aliphatic rings. The molecule has 128 valence electrons. The van der Waals surface area contributed by atoms with E-state index in [9.17, 15) is 0 Å². The van der Waals surface area contributed by atoms with E-state index >= 15 is 0 Å². The van der Waals surface area contributed by atoms with Crippen LogP contribution in [0.2, 0.25) is 0 Å². The van der Waals surface area contributed by atoms with Crippen molar-refractivity contribution < 1.29 is 0 Å². The van der Waals surface area contributed by atoms with Gasteiger partial charge in [0.05, 0.1) is 0 Å². The van der Waals surface area contributed by atoms with Crippen LogP contribution in [-0.4, -0.2) is 43.6 Å². The van der Waals surface area contributed by atoms with Crippen LogP contribution in [0, 0.1) is 0 Å². The summed E-state index contributed by atoms with van der Waals surface area (Å²) in [6, 6.07) is 11.5. The monoisotopic (exact) mass is 428 g/mol. The maximum atomic E-state index is 4.31. The zero-order valence-corrected chi connectivity index (χ0v) is 16.7. The van der Waals surface area contributed by atoms with Crippen molar-refractivity contribution in [2.24, 2.45) is 4.99 Å². The number of hydrogen-bond acceptors (Lipinski definition) is 2. The maximum absolute atomic E-state index is 4.31. The van der Waals surface area contributed by atoms with Crippen LogP contribution in [0.4, 0.5) is 0 Å². The smallest absolute Gasteiger partial charge is 0.191 e. The molecule has 0 fully saturated rings. The first-order valence-corrected chi connectivity index (χ1v) is 8.05. The van der Waals surface area contributed by atoms with Gasteiger partial charge in [-0.05, 0) is 32.4 Å². The molecule has 0 amide bonds. The molecule has 0 saturated carbocycles. The van der Waals surface area contributed by atoms with Crippen LogP contribution in [0.1, 0.15) is 25.3 Å². The highest BCUT2D eigenvalue weighted by Gasteiger charge is 2.13. The summed E-state index contributed by atoms with van der Waals surface area (Å²) in [5, 5.41) is 6.90. The lowest BCUT2D eigenvalue weighted by atomic mass is 10.2. The Kier molecular flexibility index (Phi) is 9.24. The minimum absolute atomic E-state index is 0. The summed E-state index contributed by atoms with van der Waals surface area (Å²) < 4.78 is 0. The molecule has 2 rings (SSSR count). The van der Waals surface area contributed by atoms with E-state index in [1.807, 2.05) is 7.05 Å². The van der Waals surface area contributed by atoms with Gasteiger partial charge < -0.3 is 10.6 Å². The summed E-state index contributed by atoms with van der Waals surface area (Å²) in [5.74, 6) is 0.897. The summed E-state index contributed by atoms with van der Waals surface area (Å²) in [6.45, 7) is 4.08. The average Bonchev–Trinajstić information content (AvgIpc) is 3.05. The number of aliphatic imine (C=N–C) groups is 1. The molecule has 0 saturated heterocycles. The second-order valence-corrected chi connectivity index (χ2v) is 5.99. The Balaban J connectivity index is 0.00000264. The third-order valence-corrected chi connectivity index (χ3v) is 4.16. The zero-order chi connectivity index (χ0) is 15.8. The van der Waals surface area contributed by atoms with Gasteiger partial charge in [0, 0.05) is 32.2 Å². The second kappa shape index (κ2) is 10.6. The lowest BCUT2D eigenvalue weighted by molar-refractivity contribution is 0.249.